The van der Waals surface area contributed by atoms with Gasteiger partial charge in [0.15, 0.2) is 17.5 Å². The molecule has 4 nitrogen and oxygen atoms in total. The molecule has 0 spiro atoms. The molecule has 12 rings (SSSR count). The van der Waals surface area contributed by atoms with Gasteiger partial charge < -0.3 is 4.57 Å². The van der Waals surface area contributed by atoms with Crippen LogP contribution in [0, 0.1) is 0 Å². The number of fused-ring (bicyclic) bond motifs is 10. The van der Waals surface area contributed by atoms with Crippen molar-refractivity contribution in [3.63, 3.8) is 0 Å². The van der Waals surface area contributed by atoms with Crippen LogP contribution < -0.4 is 10.4 Å². The highest BCUT2D eigenvalue weighted by Crippen LogP contribution is 2.41. The van der Waals surface area contributed by atoms with E-state index in [0.717, 1.165) is 29.5 Å². The first-order chi connectivity index (χ1) is 27.8. The van der Waals surface area contributed by atoms with Gasteiger partial charge in [-0.1, -0.05) is 140 Å². The van der Waals surface area contributed by atoms with Crippen molar-refractivity contribution >= 4 is 86.6 Å². The third kappa shape index (κ3) is 4.74. The average Bonchev–Trinajstić information content (AvgIpc) is 3.81. The van der Waals surface area contributed by atoms with Gasteiger partial charge in [0.2, 0.25) is 0 Å². The van der Waals surface area contributed by atoms with Gasteiger partial charge >= 0.3 is 0 Å². The molecule has 3 aromatic heterocycles. The fourth-order valence-electron chi connectivity index (χ4n) is 9.01. The van der Waals surface area contributed by atoms with E-state index in [9.17, 15) is 0 Å². The van der Waals surface area contributed by atoms with E-state index < -0.39 is 0 Å². The lowest BCUT2D eigenvalue weighted by Gasteiger charge is -2.18. The summed E-state index contributed by atoms with van der Waals surface area (Å²) < 4.78 is 5.02. The Bertz CT molecular complexity index is 3540. The first kappa shape index (κ1) is 31.4. The molecule has 11 aromatic rings. The van der Waals surface area contributed by atoms with E-state index in [0.29, 0.717) is 17.5 Å². The van der Waals surface area contributed by atoms with Gasteiger partial charge in [-0.15, -0.1) is 11.3 Å². The summed E-state index contributed by atoms with van der Waals surface area (Å²) >= 11 is 1.81. The zero-order valence-corrected chi connectivity index (χ0v) is 31.1. The van der Waals surface area contributed by atoms with Gasteiger partial charge in [0.25, 0.3) is 0 Å². The monoisotopic (exact) mass is 732 g/mol. The van der Waals surface area contributed by atoms with Crippen LogP contribution in [-0.2, 0) is 0 Å². The molecule has 1 aliphatic carbocycles. The Kier molecular flexibility index (Phi) is 6.89. The normalized spacial score (nSPS) is 13.0. The third-order valence-corrected chi connectivity index (χ3v) is 12.6. The summed E-state index contributed by atoms with van der Waals surface area (Å²) in [5, 5.41) is 12.4. The number of benzene rings is 8. The van der Waals surface area contributed by atoms with Crippen LogP contribution >= 0.6 is 11.3 Å². The Hall–Kier alpha value is -6.95. The molecule has 56 heavy (non-hydrogen) atoms. The van der Waals surface area contributed by atoms with E-state index in [1.807, 2.05) is 29.5 Å². The molecule has 0 N–H and O–H groups in total. The number of nitrogens with zero attached hydrogens (tertiary/aromatic N) is 4. The minimum atomic E-state index is 0.668. The predicted octanol–water partition coefficient (Wildman–Crippen LogP) is 11.9. The maximum Gasteiger partial charge on any atom is 0.164 e. The van der Waals surface area contributed by atoms with Gasteiger partial charge in [0.1, 0.15) is 0 Å². The van der Waals surface area contributed by atoms with E-state index in [4.69, 9.17) is 15.0 Å². The molecule has 0 bridgehead atoms. The fraction of sp³-hybridized carbons (Fsp3) is 0.0392. The van der Waals surface area contributed by atoms with E-state index >= 15 is 0 Å². The van der Waals surface area contributed by atoms with E-state index in [-0.39, 0.29) is 0 Å². The van der Waals surface area contributed by atoms with Crippen LogP contribution in [0.4, 0.5) is 0 Å². The molecular weight excluding hydrogens is 701 g/mol. The Labute approximate surface area is 326 Å². The summed E-state index contributed by atoms with van der Waals surface area (Å²) in [7, 11) is 0. The van der Waals surface area contributed by atoms with Crippen molar-refractivity contribution in [2.24, 2.45) is 0 Å². The van der Waals surface area contributed by atoms with Crippen molar-refractivity contribution in [2.45, 2.75) is 12.8 Å². The van der Waals surface area contributed by atoms with Crippen molar-refractivity contribution in [3.05, 3.63) is 174 Å². The molecule has 0 fully saturated rings. The average molecular weight is 733 g/mol. The Balaban J connectivity index is 1.15. The molecule has 5 heteroatoms. The van der Waals surface area contributed by atoms with Crippen molar-refractivity contribution in [2.75, 3.05) is 0 Å². The highest BCUT2D eigenvalue weighted by molar-refractivity contribution is 7.25. The van der Waals surface area contributed by atoms with Crippen LogP contribution in [0.2, 0.25) is 0 Å². The van der Waals surface area contributed by atoms with Crippen molar-refractivity contribution in [3.8, 4) is 34.2 Å². The summed E-state index contributed by atoms with van der Waals surface area (Å²) in [5.74, 6) is 2.03. The molecule has 0 aliphatic heterocycles. The van der Waals surface area contributed by atoms with Crippen LogP contribution in [0.1, 0.15) is 12.8 Å². The Morgan fingerprint density at radius 1 is 0.464 bits per heavy atom. The summed E-state index contributed by atoms with van der Waals surface area (Å²) in [4.78, 5) is 15.8. The number of thiophene rings is 1. The van der Waals surface area contributed by atoms with Gasteiger partial charge in [-0.25, -0.2) is 15.0 Å². The SMILES string of the molecule is C1=c2c(-c3nc(-c4ccccc4)nc(-c4cccc5sc6ccccc6c45)n3)cccc2=C(n2c3cc4ccccc4cc3c3c4ccccc4ccc32)CC1. The molecule has 0 saturated heterocycles. The summed E-state index contributed by atoms with van der Waals surface area (Å²) in [6, 6.07) is 58.9. The molecule has 3 heterocycles. The van der Waals surface area contributed by atoms with Crippen molar-refractivity contribution < 1.29 is 0 Å². The molecule has 262 valence electrons. The largest absolute Gasteiger partial charge is 0.312 e. The second kappa shape index (κ2) is 12.3. The highest BCUT2D eigenvalue weighted by Gasteiger charge is 2.21. The van der Waals surface area contributed by atoms with Crippen LogP contribution in [0.25, 0.3) is 109 Å². The highest BCUT2D eigenvalue weighted by atomic mass is 32.1. The number of aromatic nitrogens is 4. The summed E-state index contributed by atoms with van der Waals surface area (Å²) in [5.41, 5.74) is 6.75. The topological polar surface area (TPSA) is 43.6 Å². The number of hydrogen-bond donors (Lipinski definition) is 0. The minimum Gasteiger partial charge on any atom is -0.312 e. The zero-order chi connectivity index (χ0) is 36.7. The molecule has 0 unspecified atom stereocenters. The zero-order valence-electron chi connectivity index (χ0n) is 30.3. The second-order valence-electron chi connectivity index (χ2n) is 14.6. The maximum absolute atomic E-state index is 5.35. The van der Waals surface area contributed by atoms with Gasteiger partial charge in [-0.3, -0.25) is 0 Å². The Morgan fingerprint density at radius 2 is 1.14 bits per heavy atom. The van der Waals surface area contributed by atoms with Gasteiger partial charge in [0, 0.05) is 58.6 Å². The quantitative estimate of drug-likeness (QED) is 0.181. The van der Waals surface area contributed by atoms with Crippen LogP contribution in [0.3, 0.4) is 0 Å². The van der Waals surface area contributed by atoms with E-state index in [1.165, 1.54) is 79.7 Å². The van der Waals surface area contributed by atoms with Gasteiger partial charge in [0.05, 0.1) is 11.0 Å². The van der Waals surface area contributed by atoms with Crippen molar-refractivity contribution in [1.82, 2.24) is 19.5 Å². The molecule has 8 aromatic carbocycles. The predicted molar refractivity (Wildman–Crippen MR) is 235 cm³/mol. The summed E-state index contributed by atoms with van der Waals surface area (Å²) in [6.45, 7) is 0. The van der Waals surface area contributed by atoms with Crippen molar-refractivity contribution in [1.29, 1.82) is 0 Å². The first-order valence-electron chi connectivity index (χ1n) is 19.2. The van der Waals surface area contributed by atoms with Crippen LogP contribution in [-0.4, -0.2) is 19.5 Å². The third-order valence-electron chi connectivity index (χ3n) is 11.5. The maximum atomic E-state index is 5.35. The summed E-state index contributed by atoms with van der Waals surface area (Å²) in [6.07, 6.45) is 4.21. The molecule has 0 saturated carbocycles. The molecular formula is C51H32N4S. The number of rotatable bonds is 4. The van der Waals surface area contributed by atoms with Crippen LogP contribution in [0.15, 0.2) is 164 Å². The molecule has 0 atom stereocenters. The Morgan fingerprint density at radius 3 is 2.02 bits per heavy atom. The first-order valence-corrected chi connectivity index (χ1v) is 20.0. The standard InChI is InChI=1S/C51H32N4S/c1-2-14-32(15-3-1)49-52-50(54-51(53-49)40-23-12-26-46-48(40)39-19-8-9-25-45(39)56-46)38-22-10-21-37-36(38)20-11-24-42(37)55-43-28-27-31-13-6-7-18-35(31)47(43)41-29-33-16-4-5-17-34(33)30-44(41)55/h1-10,12-23,25-30H,11,24H2. The lowest BCUT2D eigenvalue weighted by molar-refractivity contribution is 0.985. The smallest absolute Gasteiger partial charge is 0.164 e. The molecule has 0 radical (unpaired) electrons. The van der Waals surface area contributed by atoms with E-state index in [1.54, 1.807) is 0 Å². The lowest BCUT2D eigenvalue weighted by Crippen LogP contribution is -2.33. The lowest BCUT2D eigenvalue weighted by atomic mass is 9.99. The molecule has 0 amide bonds. The van der Waals surface area contributed by atoms with Crippen LogP contribution in [0.5, 0.6) is 0 Å². The van der Waals surface area contributed by atoms with Gasteiger partial charge in [-0.2, -0.15) is 0 Å². The van der Waals surface area contributed by atoms with E-state index in [2.05, 4.69) is 156 Å². The molecule has 1 aliphatic rings. The fourth-order valence-corrected chi connectivity index (χ4v) is 10.1. The van der Waals surface area contributed by atoms with Gasteiger partial charge in [-0.05, 0) is 69.9 Å². The number of hydrogen-bond acceptors (Lipinski definition) is 4. The minimum absolute atomic E-state index is 0.668. The second-order valence-corrected chi connectivity index (χ2v) is 15.7.